The van der Waals surface area contributed by atoms with Crippen LogP contribution in [-0.4, -0.2) is 41.9 Å². The van der Waals surface area contributed by atoms with Crippen molar-refractivity contribution >= 4 is 5.91 Å². The van der Waals surface area contributed by atoms with Crippen LogP contribution in [0.15, 0.2) is 24.3 Å². The van der Waals surface area contributed by atoms with Crippen LogP contribution in [0.3, 0.4) is 0 Å². The standard InChI is InChI=1S/C18H25N3O/c1-14-7-9-21(10-8-14)18(22)15(2)20(3)13-17-6-4-5-16(11-17)12-19/h4-6,11,14-15H,7-10,13H2,1-3H3. The van der Waals surface area contributed by atoms with Gasteiger partial charge in [0, 0.05) is 19.6 Å². The Morgan fingerprint density at radius 2 is 2.14 bits per heavy atom. The van der Waals surface area contributed by atoms with E-state index in [1.165, 1.54) is 0 Å². The molecule has 1 heterocycles. The number of piperidine rings is 1. The van der Waals surface area contributed by atoms with Gasteiger partial charge in [0.05, 0.1) is 17.7 Å². The number of carbonyl (C=O) groups is 1. The zero-order valence-corrected chi connectivity index (χ0v) is 13.7. The maximum Gasteiger partial charge on any atom is 0.239 e. The number of likely N-dealkylation sites (tertiary alicyclic amines) is 1. The van der Waals surface area contributed by atoms with Crippen LogP contribution in [-0.2, 0) is 11.3 Å². The van der Waals surface area contributed by atoms with E-state index >= 15 is 0 Å². The summed E-state index contributed by atoms with van der Waals surface area (Å²) < 4.78 is 0. The van der Waals surface area contributed by atoms with E-state index in [1.54, 1.807) is 6.07 Å². The van der Waals surface area contributed by atoms with E-state index in [1.807, 2.05) is 37.1 Å². The summed E-state index contributed by atoms with van der Waals surface area (Å²) in [5.41, 5.74) is 1.73. The molecule has 1 aromatic rings. The second-order valence-corrected chi connectivity index (χ2v) is 6.41. The number of nitrogens with zero attached hydrogens (tertiary/aromatic N) is 3. The third-order valence-corrected chi connectivity index (χ3v) is 4.60. The van der Waals surface area contributed by atoms with Gasteiger partial charge in [0.1, 0.15) is 0 Å². The summed E-state index contributed by atoms with van der Waals surface area (Å²) in [4.78, 5) is 16.6. The lowest BCUT2D eigenvalue weighted by Gasteiger charge is -2.34. The molecular weight excluding hydrogens is 274 g/mol. The van der Waals surface area contributed by atoms with Crippen LogP contribution in [0.2, 0.25) is 0 Å². The third kappa shape index (κ3) is 4.08. The zero-order chi connectivity index (χ0) is 16.1. The second kappa shape index (κ2) is 7.42. The number of likely N-dealkylation sites (N-methyl/N-ethyl adjacent to an activating group) is 1. The smallest absolute Gasteiger partial charge is 0.239 e. The van der Waals surface area contributed by atoms with Gasteiger partial charge in [0.15, 0.2) is 0 Å². The lowest BCUT2D eigenvalue weighted by molar-refractivity contribution is -0.137. The Hall–Kier alpha value is -1.86. The van der Waals surface area contributed by atoms with E-state index in [-0.39, 0.29) is 11.9 Å². The number of benzene rings is 1. The maximum absolute atomic E-state index is 12.6. The van der Waals surface area contributed by atoms with Crippen LogP contribution in [0.4, 0.5) is 0 Å². The molecule has 0 aliphatic carbocycles. The number of amides is 1. The molecule has 118 valence electrons. The van der Waals surface area contributed by atoms with Gasteiger partial charge in [0.2, 0.25) is 5.91 Å². The molecule has 0 aromatic heterocycles. The second-order valence-electron chi connectivity index (χ2n) is 6.41. The van der Waals surface area contributed by atoms with Crippen molar-refractivity contribution in [2.75, 3.05) is 20.1 Å². The molecule has 0 spiro atoms. The minimum Gasteiger partial charge on any atom is -0.341 e. The molecule has 1 atom stereocenters. The molecule has 1 saturated heterocycles. The molecule has 4 nitrogen and oxygen atoms in total. The molecule has 1 aromatic carbocycles. The Balaban J connectivity index is 1.95. The lowest BCUT2D eigenvalue weighted by Crippen LogP contribution is -2.48. The van der Waals surface area contributed by atoms with E-state index in [0.717, 1.165) is 37.4 Å². The number of hydrogen-bond acceptors (Lipinski definition) is 3. The summed E-state index contributed by atoms with van der Waals surface area (Å²) in [6, 6.07) is 9.59. The van der Waals surface area contributed by atoms with E-state index < -0.39 is 0 Å². The highest BCUT2D eigenvalue weighted by molar-refractivity contribution is 5.81. The molecule has 22 heavy (non-hydrogen) atoms. The normalized spacial score (nSPS) is 17.3. The molecule has 0 saturated carbocycles. The first-order chi connectivity index (χ1) is 10.5. The molecule has 4 heteroatoms. The lowest BCUT2D eigenvalue weighted by atomic mass is 9.98. The van der Waals surface area contributed by atoms with E-state index in [4.69, 9.17) is 5.26 Å². The fourth-order valence-electron chi connectivity index (χ4n) is 2.85. The Morgan fingerprint density at radius 1 is 1.45 bits per heavy atom. The predicted molar refractivity (Wildman–Crippen MR) is 87.1 cm³/mol. The van der Waals surface area contributed by atoms with E-state index in [9.17, 15) is 4.79 Å². The van der Waals surface area contributed by atoms with Gasteiger partial charge in [-0.15, -0.1) is 0 Å². The van der Waals surface area contributed by atoms with Crippen molar-refractivity contribution < 1.29 is 4.79 Å². The van der Waals surface area contributed by atoms with Crippen molar-refractivity contribution in [3.8, 4) is 6.07 Å². The molecule has 0 bridgehead atoms. The van der Waals surface area contributed by atoms with Crippen LogP contribution in [0.5, 0.6) is 0 Å². The average Bonchev–Trinajstić information content (AvgIpc) is 2.54. The van der Waals surface area contributed by atoms with Gasteiger partial charge in [-0.1, -0.05) is 19.1 Å². The molecule has 1 unspecified atom stereocenters. The van der Waals surface area contributed by atoms with Gasteiger partial charge < -0.3 is 4.90 Å². The van der Waals surface area contributed by atoms with Gasteiger partial charge in [0.25, 0.3) is 0 Å². The van der Waals surface area contributed by atoms with E-state index in [0.29, 0.717) is 12.1 Å². The maximum atomic E-state index is 12.6. The number of rotatable bonds is 4. The van der Waals surface area contributed by atoms with Crippen LogP contribution in [0.1, 0.15) is 37.8 Å². The van der Waals surface area contributed by atoms with Crippen molar-refractivity contribution in [3.63, 3.8) is 0 Å². The van der Waals surface area contributed by atoms with Crippen LogP contribution in [0, 0.1) is 17.2 Å². The number of nitriles is 1. The molecule has 1 aliphatic rings. The van der Waals surface area contributed by atoms with Gasteiger partial charge in [-0.05, 0) is 50.4 Å². The molecule has 0 N–H and O–H groups in total. The number of carbonyl (C=O) groups excluding carboxylic acids is 1. The van der Waals surface area contributed by atoms with Crippen molar-refractivity contribution in [3.05, 3.63) is 35.4 Å². The fourth-order valence-corrected chi connectivity index (χ4v) is 2.85. The van der Waals surface area contributed by atoms with Gasteiger partial charge in [-0.2, -0.15) is 5.26 Å². The number of hydrogen-bond donors (Lipinski definition) is 0. The quantitative estimate of drug-likeness (QED) is 0.858. The first-order valence-corrected chi connectivity index (χ1v) is 7.99. The van der Waals surface area contributed by atoms with Gasteiger partial charge >= 0.3 is 0 Å². The highest BCUT2D eigenvalue weighted by Gasteiger charge is 2.26. The monoisotopic (exact) mass is 299 g/mol. The average molecular weight is 299 g/mol. The van der Waals surface area contributed by atoms with Crippen LogP contribution in [0.25, 0.3) is 0 Å². The Bertz CT molecular complexity index is 556. The van der Waals surface area contributed by atoms with Crippen molar-refractivity contribution in [1.29, 1.82) is 5.26 Å². The third-order valence-electron chi connectivity index (χ3n) is 4.60. The first kappa shape index (κ1) is 16.5. The molecule has 1 fully saturated rings. The Morgan fingerprint density at radius 3 is 2.77 bits per heavy atom. The summed E-state index contributed by atoms with van der Waals surface area (Å²) in [6.07, 6.45) is 2.21. The Labute approximate surface area is 133 Å². The predicted octanol–water partition coefficient (Wildman–Crippen LogP) is 2.64. The summed E-state index contributed by atoms with van der Waals surface area (Å²) in [5.74, 6) is 0.941. The van der Waals surface area contributed by atoms with Gasteiger partial charge in [-0.3, -0.25) is 9.69 Å². The highest BCUT2D eigenvalue weighted by atomic mass is 16.2. The SMILES string of the molecule is CC1CCN(C(=O)C(C)N(C)Cc2cccc(C#N)c2)CC1. The first-order valence-electron chi connectivity index (χ1n) is 7.99. The van der Waals surface area contributed by atoms with Crippen molar-refractivity contribution in [2.24, 2.45) is 5.92 Å². The minimum atomic E-state index is -0.140. The largest absolute Gasteiger partial charge is 0.341 e. The van der Waals surface area contributed by atoms with E-state index in [2.05, 4.69) is 17.9 Å². The zero-order valence-electron chi connectivity index (χ0n) is 13.7. The minimum absolute atomic E-state index is 0.140. The van der Waals surface area contributed by atoms with Crippen LogP contribution >= 0.6 is 0 Å². The topological polar surface area (TPSA) is 47.3 Å². The van der Waals surface area contributed by atoms with Crippen molar-refractivity contribution in [1.82, 2.24) is 9.80 Å². The fraction of sp³-hybridized carbons (Fsp3) is 0.556. The molecular formula is C18H25N3O. The summed E-state index contributed by atoms with van der Waals surface area (Å²) in [6.45, 7) is 6.64. The van der Waals surface area contributed by atoms with Gasteiger partial charge in [-0.25, -0.2) is 0 Å². The molecule has 1 amide bonds. The Kier molecular flexibility index (Phi) is 5.57. The van der Waals surface area contributed by atoms with Crippen molar-refractivity contribution in [2.45, 2.75) is 39.3 Å². The summed E-state index contributed by atoms with van der Waals surface area (Å²) >= 11 is 0. The highest BCUT2D eigenvalue weighted by Crippen LogP contribution is 2.18. The van der Waals surface area contributed by atoms with Crippen LogP contribution < -0.4 is 0 Å². The molecule has 1 aliphatic heterocycles. The summed E-state index contributed by atoms with van der Waals surface area (Å²) in [5, 5.41) is 8.96. The summed E-state index contributed by atoms with van der Waals surface area (Å²) in [7, 11) is 1.97. The molecule has 2 rings (SSSR count). The molecule has 0 radical (unpaired) electrons.